The first-order valence-corrected chi connectivity index (χ1v) is 9.86. The molecule has 1 unspecified atom stereocenters. The Morgan fingerprint density at radius 2 is 1.88 bits per heavy atom. The zero-order chi connectivity index (χ0) is 19.5. The number of amides is 1. The van der Waals surface area contributed by atoms with Gasteiger partial charge < -0.3 is 10.4 Å². The summed E-state index contributed by atoms with van der Waals surface area (Å²) in [7, 11) is -3.84. The summed E-state index contributed by atoms with van der Waals surface area (Å²) in [6, 6.07) is 3.50. The van der Waals surface area contributed by atoms with E-state index in [1.807, 2.05) is 0 Å². The first kappa shape index (κ1) is 20.3. The third kappa shape index (κ3) is 4.59. The monoisotopic (exact) mass is 386 g/mol. The fraction of sp³-hybridized carbons (Fsp3) is 0.529. The van der Waals surface area contributed by atoms with Gasteiger partial charge in [0, 0.05) is 13.1 Å². The van der Waals surface area contributed by atoms with Crippen molar-refractivity contribution in [1.82, 2.24) is 9.62 Å². The molecular formula is C17H23FN2O5S. The molecule has 1 aromatic rings. The van der Waals surface area contributed by atoms with Crippen LogP contribution in [0.5, 0.6) is 0 Å². The number of piperidine rings is 1. The second kappa shape index (κ2) is 8.13. The summed E-state index contributed by atoms with van der Waals surface area (Å²) < 4.78 is 39.6. The minimum Gasteiger partial charge on any atom is -0.480 e. The SMILES string of the molecule is CC(C)[C@@H](NC(=O)C1CCCN(S(=O)(=O)c2ccc(F)cc2)C1)C(=O)O. The zero-order valence-electron chi connectivity index (χ0n) is 14.7. The first-order valence-electron chi connectivity index (χ1n) is 8.42. The molecule has 26 heavy (non-hydrogen) atoms. The number of carboxylic acids is 1. The highest BCUT2D eigenvalue weighted by Crippen LogP contribution is 2.24. The number of benzene rings is 1. The number of nitrogens with zero attached hydrogens (tertiary/aromatic N) is 1. The highest BCUT2D eigenvalue weighted by Gasteiger charge is 2.35. The summed E-state index contributed by atoms with van der Waals surface area (Å²) in [6.07, 6.45) is 0.962. The number of halogens is 1. The lowest BCUT2D eigenvalue weighted by Gasteiger charge is -2.32. The largest absolute Gasteiger partial charge is 0.480 e. The van der Waals surface area contributed by atoms with E-state index >= 15 is 0 Å². The highest BCUT2D eigenvalue weighted by molar-refractivity contribution is 7.89. The van der Waals surface area contributed by atoms with Crippen molar-refractivity contribution in [3.8, 4) is 0 Å². The second-order valence-corrected chi connectivity index (χ2v) is 8.66. The van der Waals surface area contributed by atoms with Crippen molar-refractivity contribution in [3.05, 3.63) is 30.1 Å². The molecule has 1 saturated heterocycles. The molecule has 2 rings (SSSR count). The first-order chi connectivity index (χ1) is 12.1. The Morgan fingerprint density at radius 1 is 1.27 bits per heavy atom. The van der Waals surface area contributed by atoms with Gasteiger partial charge in [0.25, 0.3) is 0 Å². The molecule has 1 heterocycles. The van der Waals surface area contributed by atoms with Crippen molar-refractivity contribution in [2.45, 2.75) is 37.6 Å². The van der Waals surface area contributed by atoms with E-state index in [1.165, 1.54) is 16.4 Å². The van der Waals surface area contributed by atoms with E-state index in [9.17, 15) is 27.5 Å². The van der Waals surface area contributed by atoms with E-state index in [1.54, 1.807) is 13.8 Å². The van der Waals surface area contributed by atoms with Gasteiger partial charge in [-0.25, -0.2) is 17.6 Å². The molecule has 1 aliphatic heterocycles. The van der Waals surface area contributed by atoms with Gasteiger partial charge in [-0.3, -0.25) is 4.79 Å². The molecule has 0 bridgehead atoms. The molecule has 2 N–H and O–H groups in total. The minimum atomic E-state index is -3.84. The Kier molecular flexibility index (Phi) is 6.35. The third-order valence-electron chi connectivity index (χ3n) is 4.44. The molecule has 0 radical (unpaired) electrons. The fourth-order valence-electron chi connectivity index (χ4n) is 2.92. The van der Waals surface area contributed by atoms with E-state index in [0.717, 1.165) is 12.1 Å². The smallest absolute Gasteiger partial charge is 0.326 e. The van der Waals surface area contributed by atoms with Gasteiger partial charge in [-0.05, 0) is 43.0 Å². The van der Waals surface area contributed by atoms with Gasteiger partial charge >= 0.3 is 5.97 Å². The van der Waals surface area contributed by atoms with Gasteiger partial charge in [-0.1, -0.05) is 13.8 Å². The average molecular weight is 386 g/mol. The number of nitrogens with one attached hydrogen (secondary N) is 1. The molecule has 1 aliphatic rings. The van der Waals surface area contributed by atoms with Crippen molar-refractivity contribution in [2.75, 3.05) is 13.1 Å². The predicted molar refractivity (Wildman–Crippen MR) is 92.3 cm³/mol. The van der Waals surface area contributed by atoms with Gasteiger partial charge in [0.1, 0.15) is 11.9 Å². The van der Waals surface area contributed by atoms with E-state index in [4.69, 9.17) is 0 Å². The molecule has 7 nitrogen and oxygen atoms in total. The standard InChI is InChI=1S/C17H23FN2O5S/c1-11(2)15(17(22)23)19-16(21)12-4-3-9-20(10-12)26(24,25)14-7-5-13(18)6-8-14/h5-8,11-12,15H,3-4,9-10H2,1-2H3,(H,19,21)(H,22,23)/t12?,15-/m1/s1. The Hall–Kier alpha value is -2.00. The van der Waals surface area contributed by atoms with Crippen LogP contribution in [0.1, 0.15) is 26.7 Å². The molecule has 0 aliphatic carbocycles. The van der Waals surface area contributed by atoms with Gasteiger partial charge in [0.15, 0.2) is 0 Å². The Morgan fingerprint density at radius 3 is 2.42 bits per heavy atom. The van der Waals surface area contributed by atoms with Crippen LogP contribution in [0.2, 0.25) is 0 Å². The highest BCUT2D eigenvalue weighted by atomic mass is 32.2. The van der Waals surface area contributed by atoms with Crippen LogP contribution >= 0.6 is 0 Å². The van der Waals surface area contributed by atoms with Crippen LogP contribution < -0.4 is 5.32 Å². The van der Waals surface area contributed by atoms with Crippen LogP contribution in [0, 0.1) is 17.7 Å². The maximum absolute atomic E-state index is 13.0. The number of carbonyl (C=O) groups is 2. The van der Waals surface area contributed by atoms with Gasteiger partial charge in [0.05, 0.1) is 10.8 Å². The predicted octanol–water partition coefficient (Wildman–Crippen LogP) is 1.45. The molecule has 0 saturated carbocycles. The quantitative estimate of drug-likeness (QED) is 0.770. The van der Waals surface area contributed by atoms with E-state index in [-0.39, 0.29) is 23.9 Å². The molecule has 9 heteroatoms. The second-order valence-electron chi connectivity index (χ2n) is 6.72. The Balaban J connectivity index is 2.12. The zero-order valence-corrected chi connectivity index (χ0v) is 15.5. The lowest BCUT2D eigenvalue weighted by atomic mass is 9.97. The van der Waals surface area contributed by atoms with Crippen molar-refractivity contribution in [1.29, 1.82) is 0 Å². The maximum atomic E-state index is 13.0. The Bertz CT molecular complexity index is 764. The summed E-state index contributed by atoms with van der Waals surface area (Å²) in [5.74, 6) is -3.04. The van der Waals surface area contributed by atoms with E-state index < -0.39 is 39.7 Å². The number of hydrogen-bond donors (Lipinski definition) is 2. The van der Waals surface area contributed by atoms with Crippen LogP contribution in [0.15, 0.2) is 29.2 Å². The number of hydrogen-bond acceptors (Lipinski definition) is 4. The van der Waals surface area contributed by atoms with Crippen molar-refractivity contribution in [3.63, 3.8) is 0 Å². The van der Waals surface area contributed by atoms with Crippen molar-refractivity contribution in [2.24, 2.45) is 11.8 Å². The van der Waals surface area contributed by atoms with E-state index in [2.05, 4.69) is 5.32 Å². The lowest BCUT2D eigenvalue weighted by molar-refractivity contribution is -0.144. The molecule has 0 aromatic heterocycles. The lowest BCUT2D eigenvalue weighted by Crippen LogP contribution is -2.50. The number of carboxylic acid groups (broad SMARTS) is 1. The summed E-state index contributed by atoms with van der Waals surface area (Å²) >= 11 is 0. The Labute approximate surface area is 152 Å². The molecular weight excluding hydrogens is 363 g/mol. The summed E-state index contributed by atoms with van der Waals surface area (Å²) in [4.78, 5) is 23.6. The van der Waals surface area contributed by atoms with Crippen molar-refractivity contribution < 1.29 is 27.5 Å². The maximum Gasteiger partial charge on any atom is 0.326 e. The van der Waals surface area contributed by atoms with Crippen LogP contribution in [0.4, 0.5) is 4.39 Å². The number of sulfonamides is 1. The molecule has 1 aromatic carbocycles. The minimum absolute atomic E-state index is 0.0318. The van der Waals surface area contributed by atoms with Gasteiger partial charge in [-0.15, -0.1) is 0 Å². The third-order valence-corrected chi connectivity index (χ3v) is 6.32. The van der Waals surface area contributed by atoms with Gasteiger partial charge in [0.2, 0.25) is 15.9 Å². The van der Waals surface area contributed by atoms with Crippen molar-refractivity contribution >= 4 is 21.9 Å². The average Bonchev–Trinajstić information content (AvgIpc) is 2.59. The molecule has 0 spiro atoms. The van der Waals surface area contributed by atoms with Crippen LogP contribution in [-0.2, 0) is 19.6 Å². The summed E-state index contributed by atoms with van der Waals surface area (Å²) in [6.45, 7) is 3.60. The van der Waals surface area contributed by atoms with Crippen LogP contribution in [-0.4, -0.2) is 48.8 Å². The topological polar surface area (TPSA) is 104 Å². The van der Waals surface area contributed by atoms with E-state index in [0.29, 0.717) is 12.8 Å². The van der Waals surface area contributed by atoms with Crippen LogP contribution in [0.3, 0.4) is 0 Å². The normalized spacial score (nSPS) is 19.9. The molecule has 2 atom stereocenters. The summed E-state index contributed by atoms with van der Waals surface area (Å²) in [5.41, 5.74) is 0. The summed E-state index contributed by atoms with van der Waals surface area (Å²) in [5, 5.41) is 11.7. The van der Waals surface area contributed by atoms with Crippen LogP contribution in [0.25, 0.3) is 0 Å². The molecule has 144 valence electrons. The molecule has 1 fully saturated rings. The number of rotatable bonds is 6. The molecule has 1 amide bonds. The number of carbonyl (C=O) groups excluding carboxylic acids is 1. The fourth-order valence-corrected chi connectivity index (χ4v) is 4.44. The number of aliphatic carboxylic acids is 1. The van der Waals surface area contributed by atoms with Gasteiger partial charge in [-0.2, -0.15) is 4.31 Å².